The van der Waals surface area contributed by atoms with Gasteiger partial charge in [0.25, 0.3) is 0 Å². The van der Waals surface area contributed by atoms with Crippen LogP contribution >= 0.6 is 35.1 Å². The Hall–Kier alpha value is -1.10. The van der Waals surface area contributed by atoms with Crippen molar-refractivity contribution in [1.29, 1.82) is 0 Å². The van der Waals surface area contributed by atoms with Crippen molar-refractivity contribution >= 4 is 46.9 Å². The molecule has 0 unspecified atom stereocenters. The van der Waals surface area contributed by atoms with Crippen LogP contribution in [0.2, 0.25) is 0 Å². The van der Waals surface area contributed by atoms with Crippen LogP contribution in [-0.2, 0) is 9.59 Å². The number of β-lactam (4-membered cyclic amide) rings is 1. The Kier molecular flexibility index (Phi) is 3.71. The van der Waals surface area contributed by atoms with Crippen LogP contribution in [0.1, 0.15) is 0 Å². The molecule has 0 aromatic carbocycles. The van der Waals surface area contributed by atoms with Gasteiger partial charge in [0, 0.05) is 11.5 Å². The second-order valence-electron chi connectivity index (χ2n) is 4.22. The van der Waals surface area contributed by atoms with E-state index in [1.165, 1.54) is 40.0 Å². The summed E-state index contributed by atoms with van der Waals surface area (Å²) in [6.07, 6.45) is 1.64. The third-order valence-corrected chi connectivity index (χ3v) is 6.30. The number of hydrogen-bond acceptors (Lipinski definition) is 8. The van der Waals surface area contributed by atoms with Crippen molar-refractivity contribution in [3.8, 4) is 0 Å². The van der Waals surface area contributed by atoms with E-state index in [4.69, 9.17) is 5.73 Å². The molecule has 7 nitrogen and oxygen atoms in total. The number of carbonyl (C=O) groups excluding carboxylic acids is 1. The number of thioether (sulfide) groups is 2. The summed E-state index contributed by atoms with van der Waals surface area (Å²) in [7, 11) is 0. The summed E-state index contributed by atoms with van der Waals surface area (Å²) in [6, 6.07) is -0.589. The number of carboxylic acid groups (broad SMARTS) is 1. The van der Waals surface area contributed by atoms with Crippen molar-refractivity contribution in [3.63, 3.8) is 0 Å². The monoisotopic (exact) mass is 330 g/mol. The molecule has 1 aromatic rings. The number of hydrogen-bond donors (Lipinski definition) is 2. The molecule has 0 aliphatic carbocycles. The number of carboxylic acids is 1. The lowest BCUT2D eigenvalue weighted by Crippen LogP contribution is -2.68. The fraction of sp³-hybridized carbons (Fsp3) is 0.400. The fourth-order valence-electron chi connectivity index (χ4n) is 2.07. The maximum atomic E-state index is 11.8. The van der Waals surface area contributed by atoms with Crippen LogP contribution in [0.4, 0.5) is 0 Å². The van der Waals surface area contributed by atoms with Crippen LogP contribution < -0.4 is 5.73 Å². The standard InChI is InChI=1S/C10H10N4O3S3/c11-6-8(15)14-7(10(16)17)4(3-19-9(6)14)2-18-5-1-12-13-20-5/h1,6,9H,2-3,11H2,(H,16,17)/t6-,9+/m0/s1. The van der Waals surface area contributed by atoms with Crippen molar-refractivity contribution in [2.45, 2.75) is 15.6 Å². The normalized spacial score (nSPS) is 25.4. The van der Waals surface area contributed by atoms with Crippen LogP contribution in [0.3, 0.4) is 0 Å². The Morgan fingerprint density at radius 1 is 1.65 bits per heavy atom. The van der Waals surface area contributed by atoms with Gasteiger partial charge in [-0.1, -0.05) is 4.49 Å². The molecule has 0 radical (unpaired) electrons. The number of aromatic nitrogens is 2. The molecule has 2 atom stereocenters. The van der Waals surface area contributed by atoms with Gasteiger partial charge in [0.2, 0.25) is 5.91 Å². The van der Waals surface area contributed by atoms with E-state index in [0.717, 1.165) is 9.78 Å². The minimum absolute atomic E-state index is 0.0884. The lowest BCUT2D eigenvalue weighted by atomic mass is 10.0. The van der Waals surface area contributed by atoms with E-state index in [1.54, 1.807) is 6.20 Å². The van der Waals surface area contributed by atoms with E-state index in [9.17, 15) is 14.7 Å². The Labute approximate surface area is 126 Å². The molecule has 3 N–H and O–H groups in total. The summed E-state index contributed by atoms with van der Waals surface area (Å²) in [4.78, 5) is 24.5. The quantitative estimate of drug-likeness (QED) is 0.596. The maximum Gasteiger partial charge on any atom is 0.352 e. The van der Waals surface area contributed by atoms with E-state index in [2.05, 4.69) is 9.59 Å². The summed E-state index contributed by atoms with van der Waals surface area (Å²) < 4.78 is 4.67. The van der Waals surface area contributed by atoms with Crippen LogP contribution in [0.15, 0.2) is 21.7 Å². The van der Waals surface area contributed by atoms with E-state index in [0.29, 0.717) is 11.5 Å². The molecule has 2 aliphatic rings. The topological polar surface area (TPSA) is 109 Å². The van der Waals surface area contributed by atoms with Gasteiger partial charge in [-0.25, -0.2) is 4.79 Å². The highest BCUT2D eigenvalue weighted by Gasteiger charge is 2.51. The van der Waals surface area contributed by atoms with E-state index in [1.807, 2.05) is 0 Å². The molecule has 1 aromatic heterocycles. The summed E-state index contributed by atoms with van der Waals surface area (Å²) in [5, 5.41) is 12.8. The molecule has 0 bridgehead atoms. The molecule has 3 heterocycles. The largest absolute Gasteiger partial charge is 0.477 e. The number of nitrogens with zero attached hydrogens (tertiary/aromatic N) is 3. The van der Waals surface area contributed by atoms with Crippen molar-refractivity contribution < 1.29 is 14.7 Å². The average molecular weight is 330 g/mol. The summed E-state index contributed by atoms with van der Waals surface area (Å²) >= 11 is 4.24. The molecule has 3 rings (SSSR count). The van der Waals surface area contributed by atoms with Crippen LogP contribution in [0.25, 0.3) is 0 Å². The van der Waals surface area contributed by atoms with Gasteiger partial charge in [-0.2, -0.15) is 0 Å². The average Bonchev–Trinajstić information content (AvgIpc) is 2.96. The molecule has 0 saturated carbocycles. The third-order valence-electron chi connectivity index (χ3n) is 3.02. The zero-order valence-electron chi connectivity index (χ0n) is 10.1. The number of aliphatic carboxylic acids is 1. The van der Waals surface area contributed by atoms with Crippen LogP contribution in [0, 0.1) is 0 Å². The first kappa shape index (κ1) is 13.9. The van der Waals surface area contributed by atoms with Gasteiger partial charge in [0.05, 0.1) is 6.20 Å². The molecule has 2 aliphatic heterocycles. The van der Waals surface area contributed by atoms with Gasteiger partial charge in [-0.3, -0.25) is 9.69 Å². The molecule has 20 heavy (non-hydrogen) atoms. The lowest BCUT2D eigenvalue weighted by Gasteiger charge is -2.48. The van der Waals surface area contributed by atoms with E-state index < -0.39 is 12.0 Å². The van der Waals surface area contributed by atoms with Crippen molar-refractivity contribution in [3.05, 3.63) is 17.5 Å². The molecule has 1 saturated heterocycles. The number of carbonyl (C=O) groups is 2. The second kappa shape index (κ2) is 5.35. The summed E-state index contributed by atoms with van der Waals surface area (Å²) in [5.41, 5.74) is 6.51. The van der Waals surface area contributed by atoms with Gasteiger partial charge in [0.1, 0.15) is 21.3 Å². The highest BCUT2D eigenvalue weighted by Crippen LogP contribution is 2.40. The minimum Gasteiger partial charge on any atom is -0.477 e. The van der Waals surface area contributed by atoms with Crippen LogP contribution in [-0.4, -0.2) is 54.4 Å². The van der Waals surface area contributed by atoms with Crippen LogP contribution in [0.5, 0.6) is 0 Å². The Morgan fingerprint density at radius 3 is 3.10 bits per heavy atom. The predicted molar refractivity (Wildman–Crippen MR) is 76.4 cm³/mol. The fourth-order valence-corrected chi connectivity index (χ4v) is 4.93. The highest BCUT2D eigenvalue weighted by molar-refractivity contribution is 8.01. The molecule has 0 spiro atoms. The zero-order chi connectivity index (χ0) is 14.3. The second-order valence-corrected chi connectivity index (χ2v) is 7.38. The van der Waals surface area contributed by atoms with E-state index >= 15 is 0 Å². The first-order valence-corrected chi connectivity index (χ1v) is 8.46. The van der Waals surface area contributed by atoms with Crippen molar-refractivity contribution in [1.82, 2.24) is 14.5 Å². The van der Waals surface area contributed by atoms with Gasteiger partial charge in [0.15, 0.2) is 0 Å². The Balaban J connectivity index is 1.82. The van der Waals surface area contributed by atoms with Gasteiger partial charge >= 0.3 is 5.97 Å². The highest BCUT2D eigenvalue weighted by atomic mass is 32.2. The van der Waals surface area contributed by atoms with E-state index in [-0.39, 0.29) is 17.0 Å². The molecule has 106 valence electrons. The maximum absolute atomic E-state index is 11.8. The number of amides is 1. The molecular formula is C10H10N4O3S3. The number of fused-ring (bicyclic) bond motifs is 1. The third kappa shape index (κ3) is 2.22. The smallest absolute Gasteiger partial charge is 0.352 e. The molecular weight excluding hydrogens is 320 g/mol. The molecule has 10 heteroatoms. The predicted octanol–water partition coefficient (Wildman–Crippen LogP) is 0.211. The SMILES string of the molecule is N[C@H]1C(=O)N2C(C(=O)O)=C(CSc3cnns3)CS[C@H]12. The zero-order valence-corrected chi connectivity index (χ0v) is 12.5. The molecule has 1 fully saturated rings. The van der Waals surface area contributed by atoms with Gasteiger partial charge < -0.3 is 10.8 Å². The Morgan fingerprint density at radius 2 is 2.45 bits per heavy atom. The number of nitrogens with two attached hydrogens (primary N) is 1. The summed E-state index contributed by atoms with van der Waals surface area (Å²) in [5.74, 6) is -0.317. The lowest BCUT2D eigenvalue weighted by molar-refractivity contribution is -0.147. The van der Waals surface area contributed by atoms with Gasteiger partial charge in [-0.05, 0) is 17.1 Å². The first-order chi connectivity index (χ1) is 9.59. The molecule has 1 amide bonds. The minimum atomic E-state index is -1.08. The van der Waals surface area contributed by atoms with Crippen molar-refractivity contribution in [2.24, 2.45) is 5.73 Å². The summed E-state index contributed by atoms with van der Waals surface area (Å²) in [6.45, 7) is 0. The van der Waals surface area contributed by atoms with Gasteiger partial charge in [-0.15, -0.1) is 28.6 Å². The number of rotatable bonds is 4. The Bertz CT molecular complexity index is 589. The first-order valence-electron chi connectivity index (χ1n) is 5.65. The van der Waals surface area contributed by atoms with Crippen molar-refractivity contribution in [2.75, 3.05) is 11.5 Å².